The molecular formula is C25H40N2O. The lowest BCUT2D eigenvalue weighted by Gasteiger charge is -2.60. The zero-order chi connectivity index (χ0) is 19.5. The van der Waals surface area contributed by atoms with Gasteiger partial charge in [0.05, 0.1) is 6.10 Å². The van der Waals surface area contributed by atoms with Crippen molar-refractivity contribution in [2.24, 2.45) is 34.5 Å². The summed E-state index contributed by atoms with van der Waals surface area (Å²) in [4.78, 5) is 2.71. The molecule has 0 amide bonds. The molecule has 2 saturated carbocycles. The van der Waals surface area contributed by atoms with Crippen molar-refractivity contribution in [1.82, 2.24) is 10.2 Å². The van der Waals surface area contributed by atoms with Gasteiger partial charge in [-0.1, -0.05) is 38.5 Å². The van der Waals surface area contributed by atoms with Crippen molar-refractivity contribution in [3.05, 3.63) is 23.4 Å². The summed E-state index contributed by atoms with van der Waals surface area (Å²) in [7, 11) is 0. The van der Waals surface area contributed by atoms with Crippen molar-refractivity contribution in [1.29, 1.82) is 0 Å². The topological polar surface area (TPSA) is 35.5 Å². The van der Waals surface area contributed by atoms with Gasteiger partial charge in [-0.2, -0.15) is 0 Å². The van der Waals surface area contributed by atoms with Crippen LogP contribution in [0.4, 0.5) is 0 Å². The van der Waals surface area contributed by atoms with Crippen LogP contribution in [-0.2, 0) is 0 Å². The summed E-state index contributed by atoms with van der Waals surface area (Å²) in [5, 5.41) is 13.9. The van der Waals surface area contributed by atoms with E-state index < -0.39 is 0 Å². The molecule has 156 valence electrons. The molecule has 2 N–H and O–H groups in total. The Morgan fingerprint density at radius 3 is 2.61 bits per heavy atom. The average Bonchev–Trinajstić information content (AvgIpc) is 3.06. The first kappa shape index (κ1) is 19.2. The van der Waals surface area contributed by atoms with Crippen molar-refractivity contribution in [2.75, 3.05) is 26.2 Å². The molecule has 0 radical (unpaired) electrons. The third-order valence-corrected chi connectivity index (χ3v) is 9.72. The smallest absolute Gasteiger partial charge is 0.0577 e. The summed E-state index contributed by atoms with van der Waals surface area (Å²) in [5.74, 6) is 3.16. The number of hydrogen-bond donors (Lipinski definition) is 2. The molecule has 1 heterocycles. The molecule has 7 atom stereocenters. The fourth-order valence-corrected chi connectivity index (χ4v) is 8.14. The highest BCUT2D eigenvalue weighted by molar-refractivity contribution is 5.31. The maximum atomic E-state index is 10.3. The van der Waals surface area contributed by atoms with E-state index in [0.717, 1.165) is 43.7 Å². The van der Waals surface area contributed by atoms with Gasteiger partial charge < -0.3 is 15.3 Å². The zero-order valence-electron chi connectivity index (χ0n) is 18.2. The number of allylic oxidation sites excluding steroid dienone is 3. The number of hydrogen-bond acceptors (Lipinski definition) is 3. The van der Waals surface area contributed by atoms with Crippen LogP contribution in [0.5, 0.6) is 0 Å². The summed E-state index contributed by atoms with van der Waals surface area (Å²) in [6.45, 7) is 12.2. The number of piperazine rings is 1. The van der Waals surface area contributed by atoms with Gasteiger partial charge in [0.2, 0.25) is 0 Å². The number of aliphatic hydroxyl groups excluding tert-OH is 1. The molecule has 1 saturated heterocycles. The Labute approximate surface area is 171 Å². The van der Waals surface area contributed by atoms with Crippen LogP contribution in [0, 0.1) is 34.5 Å². The second kappa shape index (κ2) is 6.87. The Kier molecular flexibility index (Phi) is 4.71. The number of rotatable bonds is 2. The van der Waals surface area contributed by atoms with Crippen LogP contribution in [0.3, 0.4) is 0 Å². The fraction of sp³-hybridized carbons (Fsp3) is 0.840. The number of aliphatic hydroxyl groups is 1. The van der Waals surface area contributed by atoms with E-state index in [1.54, 1.807) is 11.3 Å². The molecule has 1 aliphatic heterocycles. The predicted octanol–water partition coefficient (Wildman–Crippen LogP) is 4.35. The first-order valence-corrected chi connectivity index (χ1v) is 12.0. The van der Waals surface area contributed by atoms with Gasteiger partial charge in [0.25, 0.3) is 0 Å². The van der Waals surface area contributed by atoms with Crippen LogP contribution < -0.4 is 5.32 Å². The SMILES string of the molecule is CC[C@H]1C=C2C[C@@H](O)CC[C@]2(C)[C@H]2CC[C@]3(C)C(N4CCNCC4)=CC[C@H]3[C@H]12. The van der Waals surface area contributed by atoms with Crippen LogP contribution in [0.15, 0.2) is 23.4 Å². The molecule has 3 heteroatoms. The minimum Gasteiger partial charge on any atom is -0.393 e. The highest BCUT2D eigenvalue weighted by Crippen LogP contribution is 2.66. The van der Waals surface area contributed by atoms with E-state index in [1.807, 2.05) is 0 Å². The van der Waals surface area contributed by atoms with E-state index in [0.29, 0.717) is 16.7 Å². The molecule has 0 spiro atoms. The molecule has 0 unspecified atom stereocenters. The van der Waals surface area contributed by atoms with Crippen LogP contribution >= 0.6 is 0 Å². The van der Waals surface area contributed by atoms with Crippen molar-refractivity contribution in [3.8, 4) is 0 Å². The summed E-state index contributed by atoms with van der Waals surface area (Å²) in [6, 6.07) is 0. The van der Waals surface area contributed by atoms with Crippen LogP contribution in [0.1, 0.15) is 65.7 Å². The molecule has 0 bridgehead atoms. The highest BCUT2D eigenvalue weighted by atomic mass is 16.3. The van der Waals surface area contributed by atoms with Gasteiger partial charge in [-0.15, -0.1) is 0 Å². The molecule has 0 aromatic rings. The Morgan fingerprint density at radius 2 is 1.86 bits per heavy atom. The molecule has 5 aliphatic rings. The van der Waals surface area contributed by atoms with Crippen LogP contribution in [0.2, 0.25) is 0 Å². The molecule has 4 aliphatic carbocycles. The van der Waals surface area contributed by atoms with Gasteiger partial charge in [-0.3, -0.25) is 0 Å². The summed E-state index contributed by atoms with van der Waals surface area (Å²) >= 11 is 0. The van der Waals surface area contributed by atoms with E-state index in [4.69, 9.17) is 0 Å². The third kappa shape index (κ3) is 2.68. The summed E-state index contributed by atoms with van der Waals surface area (Å²) in [5.41, 5.74) is 4.01. The van der Waals surface area contributed by atoms with Crippen molar-refractivity contribution in [3.63, 3.8) is 0 Å². The molecule has 28 heavy (non-hydrogen) atoms. The minimum atomic E-state index is -0.102. The lowest BCUT2D eigenvalue weighted by Crippen LogP contribution is -2.54. The van der Waals surface area contributed by atoms with E-state index in [1.165, 1.54) is 45.2 Å². The Morgan fingerprint density at radius 1 is 1.11 bits per heavy atom. The Hall–Kier alpha value is -0.800. The van der Waals surface area contributed by atoms with Gasteiger partial charge in [0, 0.05) is 37.3 Å². The second-order valence-corrected chi connectivity index (χ2v) is 10.9. The van der Waals surface area contributed by atoms with E-state index >= 15 is 0 Å². The first-order valence-electron chi connectivity index (χ1n) is 12.0. The van der Waals surface area contributed by atoms with Gasteiger partial charge in [-0.05, 0) is 74.0 Å². The molecule has 3 nitrogen and oxygen atoms in total. The summed E-state index contributed by atoms with van der Waals surface area (Å²) < 4.78 is 0. The van der Waals surface area contributed by atoms with Crippen molar-refractivity contribution >= 4 is 0 Å². The minimum absolute atomic E-state index is 0.102. The van der Waals surface area contributed by atoms with Gasteiger partial charge in [0.1, 0.15) is 0 Å². The lowest BCUT2D eigenvalue weighted by atomic mass is 9.45. The molecule has 0 aromatic carbocycles. The standard InChI is InChI=1S/C25H40N2O/c1-4-17-15-18-16-19(28)7-9-24(18,2)21-8-10-25(3)20(23(17)21)5-6-22(25)27-13-11-26-12-14-27/h6,15,17,19-21,23,26,28H,4-5,7-14,16H2,1-3H3/t17-,19-,20-,21-,23-,24-,25-/m0/s1. The maximum Gasteiger partial charge on any atom is 0.0577 e. The van der Waals surface area contributed by atoms with E-state index in [2.05, 4.69) is 43.1 Å². The monoisotopic (exact) mass is 384 g/mol. The lowest BCUT2D eigenvalue weighted by molar-refractivity contribution is -0.0579. The van der Waals surface area contributed by atoms with Crippen LogP contribution in [0.25, 0.3) is 0 Å². The largest absolute Gasteiger partial charge is 0.393 e. The molecule has 3 fully saturated rings. The zero-order valence-corrected chi connectivity index (χ0v) is 18.2. The van der Waals surface area contributed by atoms with Gasteiger partial charge in [-0.25, -0.2) is 0 Å². The third-order valence-electron chi connectivity index (χ3n) is 9.72. The average molecular weight is 385 g/mol. The van der Waals surface area contributed by atoms with Gasteiger partial charge in [0.15, 0.2) is 0 Å². The Bertz CT molecular complexity index is 678. The maximum absolute atomic E-state index is 10.3. The Balaban J connectivity index is 1.48. The fourth-order valence-electron chi connectivity index (χ4n) is 8.14. The predicted molar refractivity (Wildman–Crippen MR) is 115 cm³/mol. The second-order valence-electron chi connectivity index (χ2n) is 10.9. The quantitative estimate of drug-likeness (QED) is 0.695. The molecule has 0 aromatic heterocycles. The molecule has 5 rings (SSSR count). The first-order chi connectivity index (χ1) is 13.5. The number of nitrogens with one attached hydrogen (secondary N) is 1. The van der Waals surface area contributed by atoms with Crippen molar-refractivity contribution in [2.45, 2.75) is 71.8 Å². The molecular weight excluding hydrogens is 344 g/mol. The van der Waals surface area contributed by atoms with Crippen molar-refractivity contribution < 1.29 is 5.11 Å². The number of fused-ring (bicyclic) bond motifs is 5. The summed E-state index contributed by atoms with van der Waals surface area (Å²) in [6.07, 6.45) is 13.6. The van der Waals surface area contributed by atoms with E-state index in [9.17, 15) is 5.11 Å². The normalized spacial score (nSPS) is 48.3. The highest BCUT2D eigenvalue weighted by Gasteiger charge is 2.59. The van der Waals surface area contributed by atoms with Gasteiger partial charge >= 0.3 is 0 Å². The van der Waals surface area contributed by atoms with E-state index in [-0.39, 0.29) is 6.10 Å². The number of nitrogens with zero attached hydrogens (tertiary/aromatic N) is 1. The van der Waals surface area contributed by atoms with Crippen LogP contribution in [-0.4, -0.2) is 42.3 Å².